The molecule has 2 heterocycles. The summed E-state index contributed by atoms with van der Waals surface area (Å²) in [4.78, 5) is 46.0. The van der Waals surface area contributed by atoms with Crippen LogP contribution in [0.2, 0.25) is 0 Å². The summed E-state index contributed by atoms with van der Waals surface area (Å²) in [7, 11) is 0. The molecule has 1 unspecified atom stereocenters. The maximum atomic E-state index is 12.7. The van der Waals surface area contributed by atoms with Crippen LogP contribution in [0.1, 0.15) is 47.2 Å². The van der Waals surface area contributed by atoms with Crippen LogP contribution in [0.5, 0.6) is 0 Å². The van der Waals surface area contributed by atoms with Crippen LogP contribution in [0, 0.1) is 0 Å². The summed E-state index contributed by atoms with van der Waals surface area (Å²) >= 11 is 0. The summed E-state index contributed by atoms with van der Waals surface area (Å²) in [6, 6.07) is 3.61. The average Bonchev–Trinajstić information content (AvgIpc) is 3.14. The van der Waals surface area contributed by atoms with Gasteiger partial charge in [-0.1, -0.05) is 19.1 Å². The Labute approximate surface area is 171 Å². The monoisotopic (exact) mass is 411 g/mol. The fourth-order valence-electron chi connectivity index (χ4n) is 3.33. The number of para-hydroxylation sites is 1. The van der Waals surface area contributed by atoms with Crippen molar-refractivity contribution in [2.75, 3.05) is 5.73 Å². The number of anilines is 1. The number of amides is 1. The predicted molar refractivity (Wildman–Crippen MR) is 108 cm³/mol. The van der Waals surface area contributed by atoms with Gasteiger partial charge in [0.2, 0.25) is 0 Å². The molecule has 2 atom stereocenters. The molecule has 0 saturated heterocycles. The second kappa shape index (κ2) is 8.60. The summed E-state index contributed by atoms with van der Waals surface area (Å²) in [6.45, 7) is 1.93. The molecule has 0 spiro atoms. The topological polar surface area (TPSA) is 171 Å². The lowest BCUT2D eigenvalue weighted by Crippen LogP contribution is -2.41. The number of nitrogen functional groups attached to an aromatic ring is 1. The van der Waals surface area contributed by atoms with Gasteiger partial charge >= 0.3 is 11.9 Å². The highest BCUT2D eigenvalue weighted by Crippen LogP contribution is 2.33. The Kier molecular flexibility index (Phi) is 5.95. The van der Waals surface area contributed by atoms with Gasteiger partial charge in [-0.15, -0.1) is 0 Å². The largest absolute Gasteiger partial charge is 0.481 e. The maximum Gasteiger partial charge on any atom is 0.326 e. The number of carbonyl (C=O) groups is 3. The second-order valence-corrected chi connectivity index (χ2v) is 6.86. The second-order valence-electron chi connectivity index (χ2n) is 6.86. The first-order chi connectivity index (χ1) is 14.3. The number of nitrogens with two attached hydrogens (primary N) is 1. The number of benzene rings is 1. The Balaban J connectivity index is 1.87. The summed E-state index contributed by atoms with van der Waals surface area (Å²) in [6.07, 6.45) is 4.32. The predicted octanol–water partition coefficient (Wildman–Crippen LogP) is 1.74. The first-order valence-corrected chi connectivity index (χ1v) is 9.20. The standard InChI is InChI=1S/C20H21N5O5/c1-10(13-8-23-18-14(13)7-22-9-24-18)11-3-2-4-12(17(11)21)19(28)25-15(20(29)30)5-6-16(26)27/h2-4,7-10,15H,5-6,21H2,1H3,(H,25,28)(H,26,27)(H,29,30)(H,22,23,24)/t10?,15-/m0/s1. The molecule has 30 heavy (non-hydrogen) atoms. The number of aromatic nitrogens is 3. The van der Waals surface area contributed by atoms with Crippen LogP contribution in [0.4, 0.5) is 5.69 Å². The van der Waals surface area contributed by atoms with Crippen LogP contribution in [0.3, 0.4) is 0 Å². The van der Waals surface area contributed by atoms with Crippen molar-refractivity contribution in [3.8, 4) is 0 Å². The zero-order valence-electron chi connectivity index (χ0n) is 16.1. The van der Waals surface area contributed by atoms with Gasteiger partial charge in [0.05, 0.1) is 5.56 Å². The first-order valence-electron chi connectivity index (χ1n) is 9.20. The molecule has 2 aromatic heterocycles. The zero-order valence-corrected chi connectivity index (χ0v) is 16.1. The number of rotatable bonds is 8. The summed E-state index contributed by atoms with van der Waals surface area (Å²) < 4.78 is 0. The molecule has 0 radical (unpaired) electrons. The molecule has 10 heteroatoms. The van der Waals surface area contributed by atoms with Gasteiger partial charge in [0, 0.05) is 35.8 Å². The van der Waals surface area contributed by atoms with Crippen molar-refractivity contribution in [2.24, 2.45) is 0 Å². The molecular formula is C20H21N5O5. The minimum Gasteiger partial charge on any atom is -0.481 e. The van der Waals surface area contributed by atoms with Crippen molar-refractivity contribution in [1.82, 2.24) is 20.3 Å². The summed E-state index contributed by atoms with van der Waals surface area (Å²) in [5.41, 5.74) is 8.88. The van der Waals surface area contributed by atoms with E-state index in [0.717, 1.165) is 10.9 Å². The number of hydrogen-bond donors (Lipinski definition) is 5. The van der Waals surface area contributed by atoms with E-state index in [-0.39, 0.29) is 30.0 Å². The highest BCUT2D eigenvalue weighted by molar-refractivity contribution is 6.01. The van der Waals surface area contributed by atoms with E-state index in [1.54, 1.807) is 18.3 Å². The quantitative estimate of drug-likeness (QED) is 0.349. The van der Waals surface area contributed by atoms with Crippen molar-refractivity contribution in [3.63, 3.8) is 0 Å². The van der Waals surface area contributed by atoms with Gasteiger partial charge in [-0.05, 0) is 23.6 Å². The first kappa shape index (κ1) is 20.8. The van der Waals surface area contributed by atoms with E-state index in [0.29, 0.717) is 11.2 Å². The van der Waals surface area contributed by atoms with Crippen molar-refractivity contribution < 1.29 is 24.6 Å². The highest BCUT2D eigenvalue weighted by Gasteiger charge is 2.24. The van der Waals surface area contributed by atoms with Crippen molar-refractivity contribution in [3.05, 3.63) is 53.6 Å². The fraction of sp³-hybridized carbons (Fsp3) is 0.250. The number of nitrogens with zero attached hydrogens (tertiary/aromatic N) is 2. The Morgan fingerprint density at radius 2 is 2.00 bits per heavy atom. The molecular weight excluding hydrogens is 390 g/mol. The molecule has 3 rings (SSSR count). The van der Waals surface area contributed by atoms with E-state index in [1.165, 1.54) is 12.4 Å². The van der Waals surface area contributed by atoms with E-state index in [1.807, 2.05) is 13.1 Å². The molecule has 10 nitrogen and oxygen atoms in total. The van der Waals surface area contributed by atoms with Crippen LogP contribution in [0.15, 0.2) is 36.9 Å². The Hall–Kier alpha value is -3.95. The van der Waals surface area contributed by atoms with Gasteiger partial charge in [0.15, 0.2) is 0 Å². The Morgan fingerprint density at radius 3 is 2.70 bits per heavy atom. The van der Waals surface area contributed by atoms with Crippen LogP contribution >= 0.6 is 0 Å². The number of nitrogens with one attached hydrogen (secondary N) is 2. The number of carbonyl (C=O) groups excluding carboxylic acids is 1. The fourth-order valence-corrected chi connectivity index (χ4v) is 3.33. The number of aliphatic carboxylic acids is 2. The highest BCUT2D eigenvalue weighted by atomic mass is 16.4. The lowest BCUT2D eigenvalue weighted by Gasteiger charge is -2.18. The minimum absolute atomic E-state index is 0.122. The lowest BCUT2D eigenvalue weighted by molar-refractivity contribution is -0.140. The number of hydrogen-bond acceptors (Lipinski definition) is 6. The van der Waals surface area contributed by atoms with Crippen LogP contribution in [-0.2, 0) is 9.59 Å². The van der Waals surface area contributed by atoms with E-state index in [4.69, 9.17) is 10.8 Å². The molecule has 0 bridgehead atoms. The molecule has 6 N–H and O–H groups in total. The summed E-state index contributed by atoms with van der Waals surface area (Å²) in [5, 5.41) is 21.2. The van der Waals surface area contributed by atoms with Crippen LogP contribution < -0.4 is 11.1 Å². The van der Waals surface area contributed by atoms with Gasteiger partial charge in [0.25, 0.3) is 5.91 Å². The zero-order chi connectivity index (χ0) is 21.8. The molecule has 0 saturated carbocycles. The lowest BCUT2D eigenvalue weighted by atomic mass is 9.90. The number of carboxylic acids is 2. The van der Waals surface area contributed by atoms with Gasteiger partial charge in [-0.3, -0.25) is 9.59 Å². The van der Waals surface area contributed by atoms with Gasteiger partial charge in [-0.25, -0.2) is 14.8 Å². The maximum absolute atomic E-state index is 12.7. The molecule has 0 aliphatic heterocycles. The normalized spacial score (nSPS) is 13.0. The summed E-state index contributed by atoms with van der Waals surface area (Å²) in [5.74, 6) is -3.33. The van der Waals surface area contributed by atoms with Gasteiger partial charge < -0.3 is 26.2 Å². The third-order valence-corrected chi connectivity index (χ3v) is 4.96. The average molecular weight is 411 g/mol. The van der Waals surface area contributed by atoms with Crippen LogP contribution in [-0.4, -0.2) is 49.1 Å². The van der Waals surface area contributed by atoms with E-state index in [9.17, 15) is 19.5 Å². The smallest absolute Gasteiger partial charge is 0.326 e. The minimum atomic E-state index is -1.33. The van der Waals surface area contributed by atoms with E-state index < -0.39 is 23.9 Å². The molecule has 1 amide bonds. The third-order valence-electron chi connectivity index (χ3n) is 4.96. The number of H-pyrrole nitrogens is 1. The molecule has 0 aliphatic carbocycles. The third kappa shape index (κ3) is 4.22. The molecule has 3 aromatic rings. The Bertz CT molecular complexity index is 1110. The number of fused-ring (bicyclic) bond motifs is 1. The van der Waals surface area contributed by atoms with E-state index >= 15 is 0 Å². The Morgan fingerprint density at radius 1 is 1.23 bits per heavy atom. The molecule has 0 fully saturated rings. The SMILES string of the molecule is CC(c1cccc(C(=O)N[C@@H](CCC(=O)O)C(=O)O)c1N)c1c[nH]c2ncncc12. The van der Waals surface area contributed by atoms with Crippen molar-refractivity contribution in [2.45, 2.75) is 31.7 Å². The molecule has 1 aromatic carbocycles. The van der Waals surface area contributed by atoms with Gasteiger partial charge in [-0.2, -0.15) is 0 Å². The van der Waals surface area contributed by atoms with Crippen molar-refractivity contribution >= 4 is 34.6 Å². The van der Waals surface area contributed by atoms with Gasteiger partial charge in [0.1, 0.15) is 18.0 Å². The number of aromatic amines is 1. The van der Waals surface area contributed by atoms with Crippen molar-refractivity contribution in [1.29, 1.82) is 0 Å². The van der Waals surface area contributed by atoms with E-state index in [2.05, 4.69) is 20.3 Å². The molecule has 156 valence electrons. The van der Waals surface area contributed by atoms with Crippen LogP contribution in [0.25, 0.3) is 11.0 Å². The number of carboxylic acid groups (broad SMARTS) is 2. The molecule has 0 aliphatic rings.